The lowest BCUT2D eigenvalue weighted by Gasteiger charge is -2.30. The van der Waals surface area contributed by atoms with Gasteiger partial charge in [-0.25, -0.2) is 9.78 Å². The maximum absolute atomic E-state index is 12.5. The molecule has 150 valence electrons. The van der Waals surface area contributed by atoms with Crippen molar-refractivity contribution < 1.29 is 29.0 Å². The van der Waals surface area contributed by atoms with Gasteiger partial charge in [-0.2, -0.15) is 0 Å². The van der Waals surface area contributed by atoms with Gasteiger partial charge in [0.1, 0.15) is 11.3 Å². The summed E-state index contributed by atoms with van der Waals surface area (Å²) in [6.07, 6.45) is 0.156. The molecule has 1 aromatic rings. The molecule has 1 rings (SSSR count). The number of hydrogen-bond donors (Lipinski definition) is 2. The summed E-state index contributed by atoms with van der Waals surface area (Å²) in [4.78, 5) is 40.4. The number of aromatic nitrogens is 1. The Bertz CT molecular complexity index is 652. The first-order valence-electron chi connectivity index (χ1n) is 8.69. The lowest BCUT2D eigenvalue weighted by Crippen LogP contribution is -2.48. The summed E-state index contributed by atoms with van der Waals surface area (Å²) >= 11 is 0. The van der Waals surface area contributed by atoms with Gasteiger partial charge in [-0.1, -0.05) is 19.9 Å². The summed E-state index contributed by atoms with van der Waals surface area (Å²) in [6, 6.07) is 4.73. The zero-order valence-electron chi connectivity index (χ0n) is 16.4. The number of aliphatic hydroxyl groups excluding tert-OH is 1. The third kappa shape index (κ3) is 7.74. The van der Waals surface area contributed by atoms with Gasteiger partial charge in [0.05, 0.1) is 13.0 Å². The fourth-order valence-electron chi connectivity index (χ4n) is 2.07. The summed E-state index contributed by atoms with van der Waals surface area (Å²) in [5.74, 6) is -1.84. The molecule has 0 aliphatic rings. The average Bonchev–Trinajstić information content (AvgIpc) is 2.58. The molecule has 0 aliphatic carbocycles. The predicted octanol–water partition coefficient (Wildman–Crippen LogP) is 1.47. The number of aliphatic hydroxyl groups is 1. The van der Waals surface area contributed by atoms with E-state index < -0.39 is 35.0 Å². The largest absolute Gasteiger partial charge is 0.460 e. The molecule has 0 bridgehead atoms. The van der Waals surface area contributed by atoms with E-state index in [0.717, 1.165) is 0 Å². The maximum atomic E-state index is 12.5. The molecule has 8 nitrogen and oxygen atoms in total. The van der Waals surface area contributed by atoms with E-state index in [1.807, 2.05) is 0 Å². The van der Waals surface area contributed by atoms with Crippen LogP contribution in [-0.2, 0) is 19.1 Å². The topological polar surface area (TPSA) is 115 Å². The van der Waals surface area contributed by atoms with Crippen LogP contribution in [0.25, 0.3) is 0 Å². The van der Waals surface area contributed by atoms with E-state index in [2.05, 4.69) is 10.3 Å². The summed E-state index contributed by atoms with van der Waals surface area (Å²) < 4.78 is 10.5. The van der Waals surface area contributed by atoms with Crippen LogP contribution in [0.5, 0.6) is 0 Å². The van der Waals surface area contributed by atoms with E-state index in [1.54, 1.807) is 46.8 Å². The quantitative estimate of drug-likeness (QED) is 0.656. The van der Waals surface area contributed by atoms with E-state index in [4.69, 9.17) is 9.47 Å². The molecule has 8 heteroatoms. The van der Waals surface area contributed by atoms with E-state index in [0.29, 0.717) is 0 Å². The second-order valence-electron chi connectivity index (χ2n) is 7.77. The van der Waals surface area contributed by atoms with E-state index in [-0.39, 0.29) is 25.3 Å². The first kappa shape index (κ1) is 22.6. The van der Waals surface area contributed by atoms with Gasteiger partial charge in [-0.15, -0.1) is 0 Å². The molecule has 1 atom stereocenters. The molecule has 0 fully saturated rings. The van der Waals surface area contributed by atoms with Crippen molar-refractivity contribution >= 4 is 17.8 Å². The zero-order valence-corrected chi connectivity index (χ0v) is 16.4. The highest BCUT2D eigenvalue weighted by molar-refractivity contribution is 5.91. The average molecular weight is 380 g/mol. The third-order valence-electron chi connectivity index (χ3n) is 3.50. The molecular weight excluding hydrogens is 352 g/mol. The minimum Gasteiger partial charge on any atom is -0.460 e. The molecule has 0 saturated heterocycles. The van der Waals surface area contributed by atoms with Gasteiger partial charge in [-0.05, 0) is 32.9 Å². The number of carbonyl (C=O) groups excluding carboxylic acids is 3. The molecule has 2 N–H and O–H groups in total. The summed E-state index contributed by atoms with van der Waals surface area (Å²) in [6.45, 7) is 8.08. The van der Waals surface area contributed by atoms with Crippen molar-refractivity contribution in [1.82, 2.24) is 10.3 Å². The second kappa shape index (κ2) is 9.45. The van der Waals surface area contributed by atoms with Crippen molar-refractivity contribution in [3.05, 3.63) is 30.1 Å². The van der Waals surface area contributed by atoms with Gasteiger partial charge in [0.15, 0.2) is 6.10 Å². The monoisotopic (exact) mass is 380 g/mol. The highest BCUT2D eigenvalue weighted by atomic mass is 16.6. The van der Waals surface area contributed by atoms with Crippen molar-refractivity contribution in [2.45, 2.75) is 52.7 Å². The fourth-order valence-corrected chi connectivity index (χ4v) is 2.07. The Hall–Kier alpha value is -2.48. The molecule has 1 unspecified atom stereocenters. The van der Waals surface area contributed by atoms with Crippen LogP contribution < -0.4 is 5.32 Å². The fraction of sp³-hybridized carbons (Fsp3) is 0.579. The molecule has 1 heterocycles. The van der Waals surface area contributed by atoms with Crippen LogP contribution in [-0.4, -0.2) is 52.8 Å². The molecule has 0 spiro atoms. The number of carbonyl (C=O) groups is 3. The van der Waals surface area contributed by atoms with Gasteiger partial charge in [-0.3, -0.25) is 9.59 Å². The Morgan fingerprint density at radius 3 is 2.37 bits per heavy atom. The summed E-state index contributed by atoms with van der Waals surface area (Å²) in [7, 11) is 0. The minimum atomic E-state index is -1.25. The molecular formula is C19H28N2O6. The number of hydrogen-bond acceptors (Lipinski definition) is 7. The van der Waals surface area contributed by atoms with E-state index in [1.165, 1.54) is 12.3 Å². The van der Waals surface area contributed by atoms with Crippen LogP contribution in [0, 0.1) is 5.41 Å². The highest BCUT2D eigenvalue weighted by Gasteiger charge is 2.38. The number of pyridine rings is 1. The Kier molecular flexibility index (Phi) is 7.90. The Morgan fingerprint density at radius 1 is 1.19 bits per heavy atom. The van der Waals surface area contributed by atoms with Crippen LogP contribution in [0.2, 0.25) is 0 Å². The van der Waals surface area contributed by atoms with Crippen LogP contribution in [0.15, 0.2) is 24.4 Å². The van der Waals surface area contributed by atoms with Gasteiger partial charge in [0.2, 0.25) is 0 Å². The van der Waals surface area contributed by atoms with Gasteiger partial charge in [0.25, 0.3) is 5.91 Å². The molecule has 1 aromatic heterocycles. The van der Waals surface area contributed by atoms with Gasteiger partial charge >= 0.3 is 11.9 Å². The number of amides is 1. The first-order chi connectivity index (χ1) is 12.5. The van der Waals surface area contributed by atoms with Crippen LogP contribution in [0.4, 0.5) is 0 Å². The molecule has 1 amide bonds. The molecule has 0 aromatic carbocycles. The van der Waals surface area contributed by atoms with E-state index >= 15 is 0 Å². The van der Waals surface area contributed by atoms with Crippen LogP contribution in [0.3, 0.4) is 0 Å². The predicted molar refractivity (Wildman–Crippen MR) is 97.8 cm³/mol. The normalized spacial score (nSPS) is 12.8. The van der Waals surface area contributed by atoms with Gasteiger partial charge < -0.3 is 19.9 Å². The Morgan fingerprint density at radius 2 is 1.85 bits per heavy atom. The zero-order chi connectivity index (χ0) is 20.7. The Labute approximate surface area is 159 Å². The molecule has 0 aliphatic heterocycles. The second-order valence-corrected chi connectivity index (χ2v) is 7.77. The van der Waals surface area contributed by atoms with Crippen LogP contribution >= 0.6 is 0 Å². The maximum Gasteiger partial charge on any atom is 0.357 e. The lowest BCUT2D eigenvalue weighted by atomic mass is 9.86. The highest BCUT2D eigenvalue weighted by Crippen LogP contribution is 2.24. The number of nitrogens with one attached hydrogen (secondary N) is 1. The first-order valence-corrected chi connectivity index (χ1v) is 8.69. The SMILES string of the molecule is CC(C)(C)OC(=O)CCNC(=O)C(OC(=O)c1ccccn1)C(C)(C)CO. The van der Waals surface area contributed by atoms with Crippen molar-refractivity contribution in [1.29, 1.82) is 0 Å². The molecule has 0 saturated carbocycles. The summed E-state index contributed by atoms with van der Waals surface area (Å²) in [5, 5.41) is 12.1. The van der Waals surface area contributed by atoms with Crippen LogP contribution in [0.1, 0.15) is 51.5 Å². The summed E-state index contributed by atoms with van der Waals surface area (Å²) in [5.41, 5.74) is -1.58. The standard InChI is InChI=1S/C19H28N2O6/c1-18(2,3)27-14(23)9-11-21-16(24)15(19(4,5)12-22)26-17(25)13-8-6-7-10-20-13/h6-8,10,15,22H,9,11-12H2,1-5H3,(H,21,24). The number of nitrogens with zero attached hydrogens (tertiary/aromatic N) is 1. The third-order valence-corrected chi connectivity index (χ3v) is 3.50. The van der Waals surface area contributed by atoms with Crippen molar-refractivity contribution in [3.63, 3.8) is 0 Å². The number of esters is 2. The van der Waals surface area contributed by atoms with Gasteiger partial charge in [0, 0.05) is 18.2 Å². The van der Waals surface area contributed by atoms with Crippen molar-refractivity contribution in [2.24, 2.45) is 5.41 Å². The van der Waals surface area contributed by atoms with Crippen molar-refractivity contribution in [3.8, 4) is 0 Å². The lowest BCUT2D eigenvalue weighted by molar-refractivity contribution is -0.154. The molecule has 27 heavy (non-hydrogen) atoms. The number of ether oxygens (including phenoxy) is 2. The smallest absolute Gasteiger partial charge is 0.357 e. The minimum absolute atomic E-state index is 0.0207. The number of rotatable bonds is 8. The van der Waals surface area contributed by atoms with Crippen molar-refractivity contribution in [2.75, 3.05) is 13.2 Å². The Balaban J connectivity index is 2.72. The van der Waals surface area contributed by atoms with E-state index in [9.17, 15) is 19.5 Å². The molecule has 0 radical (unpaired) electrons.